The first-order chi connectivity index (χ1) is 10.1. The van der Waals surface area contributed by atoms with Crippen molar-refractivity contribution >= 4 is 38.4 Å². The first-order valence-electron chi connectivity index (χ1n) is 6.57. The van der Waals surface area contributed by atoms with Crippen LogP contribution in [-0.4, -0.2) is 16.1 Å². The van der Waals surface area contributed by atoms with Crippen LogP contribution in [0.5, 0.6) is 0 Å². The van der Waals surface area contributed by atoms with Crippen LogP contribution in [0.15, 0.2) is 40.9 Å². The van der Waals surface area contributed by atoms with Gasteiger partial charge in [0, 0.05) is 15.5 Å². The van der Waals surface area contributed by atoms with E-state index in [0.29, 0.717) is 5.69 Å². The van der Waals surface area contributed by atoms with Crippen LogP contribution in [0.4, 0.5) is 5.69 Å². The maximum atomic E-state index is 12.5. The zero-order chi connectivity index (χ0) is 15.0. The largest absolute Gasteiger partial charge is 0.320 e. The number of amides is 1. The highest BCUT2D eigenvalue weighted by Crippen LogP contribution is 2.26. The summed E-state index contributed by atoms with van der Waals surface area (Å²) in [5.41, 5.74) is 4.11. The highest BCUT2D eigenvalue weighted by molar-refractivity contribution is 9.10. The number of nitrogens with zero attached hydrogens (tertiary/aromatic N) is 1. The van der Waals surface area contributed by atoms with Gasteiger partial charge in [0.15, 0.2) is 5.69 Å². The van der Waals surface area contributed by atoms with Crippen LogP contribution in [0, 0.1) is 13.8 Å². The predicted octanol–water partition coefficient (Wildman–Crippen LogP) is 4.19. The van der Waals surface area contributed by atoms with Gasteiger partial charge in [0.1, 0.15) is 0 Å². The summed E-state index contributed by atoms with van der Waals surface area (Å²) in [5, 5.41) is 10.8. The number of H-pyrrole nitrogens is 1. The van der Waals surface area contributed by atoms with Crippen molar-refractivity contribution in [2.24, 2.45) is 0 Å². The molecule has 21 heavy (non-hydrogen) atoms. The van der Waals surface area contributed by atoms with Gasteiger partial charge in [0.05, 0.1) is 5.52 Å². The molecule has 0 saturated heterocycles. The van der Waals surface area contributed by atoms with Crippen LogP contribution in [0.2, 0.25) is 0 Å². The summed E-state index contributed by atoms with van der Waals surface area (Å²) in [5.74, 6) is -0.207. The topological polar surface area (TPSA) is 57.8 Å². The number of carbonyl (C=O) groups is 1. The Morgan fingerprint density at radius 2 is 1.86 bits per heavy atom. The highest BCUT2D eigenvalue weighted by Gasteiger charge is 2.15. The summed E-state index contributed by atoms with van der Waals surface area (Å²) >= 11 is 3.45. The molecule has 2 N–H and O–H groups in total. The third kappa shape index (κ3) is 2.56. The van der Waals surface area contributed by atoms with E-state index in [4.69, 9.17) is 0 Å². The average molecular weight is 344 g/mol. The molecule has 1 amide bonds. The average Bonchev–Trinajstić information content (AvgIpc) is 2.86. The van der Waals surface area contributed by atoms with Gasteiger partial charge in [-0.3, -0.25) is 9.89 Å². The summed E-state index contributed by atoms with van der Waals surface area (Å²) in [6, 6.07) is 11.5. The number of aromatic amines is 1. The second-order valence-electron chi connectivity index (χ2n) is 4.99. The summed E-state index contributed by atoms with van der Waals surface area (Å²) in [6.07, 6.45) is 0. The molecule has 0 atom stereocenters. The fourth-order valence-electron chi connectivity index (χ4n) is 2.42. The molecule has 0 fully saturated rings. The summed E-state index contributed by atoms with van der Waals surface area (Å²) < 4.78 is 1.00. The number of aryl methyl sites for hydroxylation is 2. The van der Waals surface area contributed by atoms with Gasteiger partial charge in [-0.15, -0.1) is 0 Å². The molecule has 1 heterocycles. The van der Waals surface area contributed by atoms with E-state index in [1.54, 1.807) is 0 Å². The Hall–Kier alpha value is -2.14. The first kappa shape index (κ1) is 13.8. The summed E-state index contributed by atoms with van der Waals surface area (Å²) in [4.78, 5) is 12.5. The van der Waals surface area contributed by atoms with E-state index in [-0.39, 0.29) is 5.91 Å². The number of hydrogen-bond acceptors (Lipinski definition) is 2. The number of para-hydroxylation sites is 1. The van der Waals surface area contributed by atoms with Crippen molar-refractivity contribution in [3.8, 4) is 0 Å². The van der Waals surface area contributed by atoms with E-state index in [1.807, 2.05) is 50.2 Å². The Kier molecular flexibility index (Phi) is 3.51. The van der Waals surface area contributed by atoms with E-state index in [1.165, 1.54) is 0 Å². The Labute approximate surface area is 130 Å². The molecule has 0 aliphatic heterocycles. The molecule has 3 rings (SSSR count). The van der Waals surface area contributed by atoms with Crippen LogP contribution in [0.3, 0.4) is 0 Å². The van der Waals surface area contributed by atoms with Crippen LogP contribution >= 0.6 is 15.9 Å². The number of hydrogen-bond donors (Lipinski definition) is 2. The van der Waals surface area contributed by atoms with Gasteiger partial charge >= 0.3 is 0 Å². The summed E-state index contributed by atoms with van der Waals surface area (Å²) in [7, 11) is 0. The van der Waals surface area contributed by atoms with Gasteiger partial charge in [0.25, 0.3) is 5.91 Å². The van der Waals surface area contributed by atoms with Gasteiger partial charge in [-0.2, -0.15) is 5.10 Å². The Morgan fingerprint density at radius 3 is 2.57 bits per heavy atom. The molecule has 0 aliphatic rings. The molecule has 106 valence electrons. The second kappa shape index (κ2) is 5.33. The fourth-order valence-corrected chi connectivity index (χ4v) is 3.10. The molecule has 0 bridgehead atoms. The molecule has 0 unspecified atom stereocenters. The Bertz CT molecular complexity index is 815. The van der Waals surface area contributed by atoms with Gasteiger partial charge in [0.2, 0.25) is 0 Å². The second-order valence-corrected chi connectivity index (χ2v) is 5.90. The molecule has 1 aromatic heterocycles. The molecule has 5 heteroatoms. The maximum absolute atomic E-state index is 12.5. The fraction of sp³-hybridized carbons (Fsp3) is 0.125. The SMILES string of the molecule is Cc1cc(Br)cc(C)c1NC(=O)c1n[nH]c2ccccc12. The number of fused-ring (bicyclic) bond motifs is 1. The minimum Gasteiger partial charge on any atom is -0.320 e. The van der Waals surface area contributed by atoms with Gasteiger partial charge in [-0.1, -0.05) is 34.1 Å². The number of benzene rings is 2. The van der Waals surface area contributed by atoms with Crippen LogP contribution in [0.25, 0.3) is 10.9 Å². The molecule has 0 radical (unpaired) electrons. The van der Waals surface area contributed by atoms with Gasteiger partial charge in [-0.25, -0.2) is 0 Å². The molecular weight excluding hydrogens is 330 g/mol. The highest BCUT2D eigenvalue weighted by atomic mass is 79.9. The lowest BCUT2D eigenvalue weighted by molar-refractivity contribution is 0.102. The molecule has 3 aromatic rings. The molecule has 0 spiro atoms. The lowest BCUT2D eigenvalue weighted by Gasteiger charge is -2.11. The lowest BCUT2D eigenvalue weighted by Crippen LogP contribution is -2.14. The maximum Gasteiger partial charge on any atom is 0.276 e. The van der Waals surface area contributed by atoms with E-state index in [0.717, 1.165) is 32.2 Å². The number of anilines is 1. The normalized spacial score (nSPS) is 10.8. The minimum absolute atomic E-state index is 0.207. The van der Waals surface area contributed by atoms with Crippen molar-refractivity contribution in [3.05, 3.63) is 57.7 Å². The van der Waals surface area contributed by atoms with E-state index in [2.05, 4.69) is 31.4 Å². The van der Waals surface area contributed by atoms with Crippen molar-refractivity contribution in [3.63, 3.8) is 0 Å². The number of rotatable bonds is 2. The molecule has 2 aromatic carbocycles. The van der Waals surface area contributed by atoms with Crippen LogP contribution < -0.4 is 5.32 Å². The first-order valence-corrected chi connectivity index (χ1v) is 7.37. The summed E-state index contributed by atoms with van der Waals surface area (Å²) in [6.45, 7) is 3.94. The Balaban J connectivity index is 1.97. The number of halogens is 1. The number of carbonyl (C=O) groups excluding carboxylic acids is 1. The number of nitrogens with one attached hydrogen (secondary N) is 2. The minimum atomic E-state index is -0.207. The third-order valence-corrected chi connectivity index (χ3v) is 3.88. The Morgan fingerprint density at radius 1 is 1.19 bits per heavy atom. The lowest BCUT2D eigenvalue weighted by atomic mass is 10.1. The van der Waals surface area contributed by atoms with Crippen LogP contribution in [-0.2, 0) is 0 Å². The van der Waals surface area contributed by atoms with Crippen LogP contribution in [0.1, 0.15) is 21.6 Å². The third-order valence-electron chi connectivity index (χ3n) is 3.42. The standard InChI is InChI=1S/C16H14BrN3O/c1-9-7-11(17)8-10(2)14(9)18-16(21)15-12-5-3-4-6-13(12)19-20-15/h3-8H,1-2H3,(H,18,21)(H,19,20). The monoisotopic (exact) mass is 343 g/mol. The van der Waals surface area contributed by atoms with Crippen molar-refractivity contribution in [2.45, 2.75) is 13.8 Å². The van der Waals surface area contributed by atoms with E-state index >= 15 is 0 Å². The predicted molar refractivity (Wildman–Crippen MR) is 87.7 cm³/mol. The zero-order valence-corrected chi connectivity index (χ0v) is 13.3. The van der Waals surface area contributed by atoms with Gasteiger partial charge in [-0.05, 0) is 43.2 Å². The van der Waals surface area contributed by atoms with Crippen molar-refractivity contribution in [2.75, 3.05) is 5.32 Å². The van der Waals surface area contributed by atoms with Crippen molar-refractivity contribution < 1.29 is 4.79 Å². The number of aromatic nitrogens is 2. The van der Waals surface area contributed by atoms with Gasteiger partial charge < -0.3 is 5.32 Å². The molecule has 0 saturated carbocycles. The molecule has 0 aliphatic carbocycles. The molecule has 4 nitrogen and oxygen atoms in total. The smallest absolute Gasteiger partial charge is 0.276 e. The quantitative estimate of drug-likeness (QED) is 0.732. The molecular formula is C16H14BrN3O. The van der Waals surface area contributed by atoms with E-state index in [9.17, 15) is 4.79 Å². The van der Waals surface area contributed by atoms with Crippen molar-refractivity contribution in [1.29, 1.82) is 0 Å². The van der Waals surface area contributed by atoms with E-state index < -0.39 is 0 Å². The zero-order valence-electron chi connectivity index (χ0n) is 11.7. The van der Waals surface area contributed by atoms with Crippen molar-refractivity contribution in [1.82, 2.24) is 10.2 Å².